The predicted molar refractivity (Wildman–Crippen MR) is 118 cm³/mol. The molecule has 1 N–H and O–H groups in total. The van der Waals surface area contributed by atoms with Crippen LogP contribution in [0.3, 0.4) is 0 Å². The summed E-state index contributed by atoms with van der Waals surface area (Å²) in [4.78, 5) is 28.9. The van der Waals surface area contributed by atoms with Gasteiger partial charge in [-0.2, -0.15) is 0 Å². The molecule has 164 valence electrons. The molecule has 1 unspecified atom stereocenters. The number of piperazine rings is 1. The van der Waals surface area contributed by atoms with Gasteiger partial charge in [0.1, 0.15) is 0 Å². The largest absolute Gasteiger partial charge is 0.344 e. The fraction of sp³-hybridized carbons (Fsp3) is 0.391. The standard InChI is InChI=1S/C23H27N3O4S/c27-22(24-20-11-16-31(29,30)17-20)23(28)26-14-12-25(13-15-26)21(18-7-3-1-4-8-18)19-9-5-2-6-10-19/h1-10,20-21H,11-17H2,(H,24,27). The average molecular weight is 442 g/mol. The summed E-state index contributed by atoms with van der Waals surface area (Å²) in [5, 5.41) is 2.59. The molecule has 1 atom stereocenters. The third-order valence-corrected chi connectivity index (χ3v) is 7.73. The molecular formula is C23H27N3O4S. The number of benzene rings is 2. The van der Waals surface area contributed by atoms with Gasteiger partial charge >= 0.3 is 11.8 Å². The van der Waals surface area contributed by atoms with E-state index in [9.17, 15) is 18.0 Å². The van der Waals surface area contributed by atoms with E-state index in [-0.39, 0.29) is 17.5 Å². The lowest BCUT2D eigenvalue weighted by molar-refractivity contribution is -0.147. The Bertz CT molecular complexity index is 980. The van der Waals surface area contributed by atoms with E-state index in [0.29, 0.717) is 32.6 Å². The molecule has 0 aromatic heterocycles. The topological polar surface area (TPSA) is 86.8 Å². The first-order valence-corrected chi connectivity index (χ1v) is 12.4. The number of sulfone groups is 1. The minimum absolute atomic E-state index is 0.0607. The molecule has 0 spiro atoms. The van der Waals surface area contributed by atoms with Crippen molar-refractivity contribution in [1.29, 1.82) is 0 Å². The highest BCUT2D eigenvalue weighted by Crippen LogP contribution is 2.29. The second-order valence-corrected chi connectivity index (χ2v) is 10.4. The SMILES string of the molecule is O=C(NC1CCS(=O)(=O)C1)C(=O)N1CCN(C(c2ccccc2)c2ccccc2)CC1. The van der Waals surface area contributed by atoms with E-state index >= 15 is 0 Å². The third kappa shape index (κ3) is 5.14. The Kier molecular flexibility index (Phi) is 6.38. The molecule has 2 aliphatic rings. The molecule has 2 aromatic carbocycles. The molecule has 7 nitrogen and oxygen atoms in total. The lowest BCUT2D eigenvalue weighted by atomic mass is 9.96. The second kappa shape index (κ2) is 9.20. The van der Waals surface area contributed by atoms with Crippen LogP contribution in [0.2, 0.25) is 0 Å². The molecule has 0 saturated carbocycles. The highest BCUT2D eigenvalue weighted by atomic mass is 32.2. The van der Waals surface area contributed by atoms with Crippen LogP contribution in [0.1, 0.15) is 23.6 Å². The van der Waals surface area contributed by atoms with Crippen LogP contribution >= 0.6 is 0 Å². The summed E-state index contributed by atoms with van der Waals surface area (Å²) >= 11 is 0. The second-order valence-electron chi connectivity index (χ2n) is 8.13. The van der Waals surface area contributed by atoms with Crippen LogP contribution in [-0.4, -0.2) is 73.8 Å². The Morgan fingerprint density at radius 3 is 1.90 bits per heavy atom. The summed E-state index contributed by atoms with van der Waals surface area (Å²) in [6.45, 7) is 2.19. The minimum Gasteiger partial charge on any atom is -0.344 e. The summed E-state index contributed by atoms with van der Waals surface area (Å²) in [6.07, 6.45) is 0.366. The molecule has 0 radical (unpaired) electrons. The summed E-state index contributed by atoms with van der Waals surface area (Å²) in [5.74, 6) is -1.32. The van der Waals surface area contributed by atoms with Crippen LogP contribution < -0.4 is 5.32 Å². The number of amides is 2. The number of rotatable bonds is 4. The molecule has 8 heteroatoms. The zero-order chi connectivity index (χ0) is 21.8. The number of hydrogen-bond donors (Lipinski definition) is 1. The van der Waals surface area contributed by atoms with Crippen LogP contribution in [0, 0.1) is 0 Å². The molecular weight excluding hydrogens is 414 g/mol. The van der Waals surface area contributed by atoms with Crippen molar-refractivity contribution in [3.63, 3.8) is 0 Å². The van der Waals surface area contributed by atoms with E-state index in [0.717, 1.165) is 0 Å². The van der Waals surface area contributed by atoms with Crippen molar-refractivity contribution in [3.8, 4) is 0 Å². The van der Waals surface area contributed by atoms with E-state index in [2.05, 4.69) is 34.5 Å². The maximum absolute atomic E-state index is 12.6. The third-order valence-electron chi connectivity index (χ3n) is 5.96. The zero-order valence-corrected chi connectivity index (χ0v) is 18.1. The monoisotopic (exact) mass is 441 g/mol. The Balaban J connectivity index is 1.39. The van der Waals surface area contributed by atoms with Crippen molar-refractivity contribution in [1.82, 2.24) is 15.1 Å². The van der Waals surface area contributed by atoms with Crippen molar-refractivity contribution in [3.05, 3.63) is 71.8 Å². The van der Waals surface area contributed by atoms with Crippen LogP contribution in [0.25, 0.3) is 0 Å². The maximum atomic E-state index is 12.6. The lowest BCUT2D eigenvalue weighted by Gasteiger charge is -2.39. The van der Waals surface area contributed by atoms with Crippen LogP contribution in [-0.2, 0) is 19.4 Å². The first-order chi connectivity index (χ1) is 14.9. The van der Waals surface area contributed by atoms with Gasteiger partial charge < -0.3 is 10.2 Å². The number of nitrogens with zero attached hydrogens (tertiary/aromatic N) is 2. The van der Waals surface area contributed by atoms with Crippen LogP contribution in [0.15, 0.2) is 60.7 Å². The molecule has 0 bridgehead atoms. The van der Waals surface area contributed by atoms with Crippen molar-refractivity contribution in [2.45, 2.75) is 18.5 Å². The van der Waals surface area contributed by atoms with E-state index < -0.39 is 27.7 Å². The molecule has 2 fully saturated rings. The number of carbonyl (C=O) groups is 2. The van der Waals surface area contributed by atoms with Crippen LogP contribution in [0.5, 0.6) is 0 Å². The van der Waals surface area contributed by atoms with Gasteiger partial charge in [0.2, 0.25) is 0 Å². The van der Waals surface area contributed by atoms with Gasteiger partial charge in [-0.25, -0.2) is 8.42 Å². The first kappa shape index (κ1) is 21.5. The van der Waals surface area contributed by atoms with Crippen molar-refractivity contribution in [2.24, 2.45) is 0 Å². The van der Waals surface area contributed by atoms with Gasteiger partial charge in [0, 0.05) is 32.2 Å². The van der Waals surface area contributed by atoms with Gasteiger partial charge in [0.25, 0.3) is 0 Å². The average Bonchev–Trinajstić information content (AvgIpc) is 3.13. The van der Waals surface area contributed by atoms with E-state index in [1.165, 1.54) is 11.1 Å². The van der Waals surface area contributed by atoms with Gasteiger partial charge in [0.05, 0.1) is 17.5 Å². The maximum Gasteiger partial charge on any atom is 0.311 e. The number of nitrogens with one attached hydrogen (secondary N) is 1. The van der Waals surface area contributed by atoms with E-state index in [4.69, 9.17) is 0 Å². The zero-order valence-electron chi connectivity index (χ0n) is 17.3. The quantitative estimate of drug-likeness (QED) is 0.721. The van der Waals surface area contributed by atoms with Crippen molar-refractivity contribution in [2.75, 3.05) is 37.7 Å². The summed E-state index contributed by atoms with van der Waals surface area (Å²) in [7, 11) is -3.11. The van der Waals surface area contributed by atoms with Gasteiger partial charge in [-0.1, -0.05) is 60.7 Å². The Labute approximate surface area is 183 Å². The molecule has 2 amide bonds. The molecule has 31 heavy (non-hydrogen) atoms. The van der Waals surface area contributed by atoms with Gasteiger partial charge in [-0.15, -0.1) is 0 Å². The normalized spacial score (nSPS) is 21.2. The van der Waals surface area contributed by atoms with Gasteiger partial charge in [-0.05, 0) is 17.5 Å². The van der Waals surface area contributed by atoms with E-state index in [1.807, 2.05) is 36.4 Å². The molecule has 2 saturated heterocycles. The summed E-state index contributed by atoms with van der Waals surface area (Å²) in [5.41, 5.74) is 2.38. The Morgan fingerprint density at radius 2 is 1.42 bits per heavy atom. The first-order valence-electron chi connectivity index (χ1n) is 10.6. The lowest BCUT2D eigenvalue weighted by Crippen LogP contribution is -2.54. The Morgan fingerprint density at radius 1 is 0.871 bits per heavy atom. The predicted octanol–water partition coefficient (Wildman–Crippen LogP) is 1.22. The highest BCUT2D eigenvalue weighted by Gasteiger charge is 2.34. The molecule has 4 rings (SSSR count). The molecule has 0 aliphatic carbocycles. The van der Waals surface area contributed by atoms with Crippen LogP contribution in [0.4, 0.5) is 0 Å². The number of hydrogen-bond acceptors (Lipinski definition) is 5. The molecule has 2 aliphatic heterocycles. The van der Waals surface area contributed by atoms with Crippen molar-refractivity contribution >= 4 is 21.7 Å². The molecule has 2 heterocycles. The Hall–Kier alpha value is -2.71. The molecule has 2 aromatic rings. The minimum atomic E-state index is -3.11. The van der Waals surface area contributed by atoms with E-state index in [1.54, 1.807) is 4.90 Å². The highest BCUT2D eigenvalue weighted by molar-refractivity contribution is 7.91. The van der Waals surface area contributed by atoms with Gasteiger partial charge in [0.15, 0.2) is 9.84 Å². The van der Waals surface area contributed by atoms with Crippen molar-refractivity contribution < 1.29 is 18.0 Å². The van der Waals surface area contributed by atoms with Gasteiger partial charge in [-0.3, -0.25) is 14.5 Å². The smallest absolute Gasteiger partial charge is 0.311 e. The summed E-state index contributed by atoms with van der Waals surface area (Å²) < 4.78 is 23.2. The number of carbonyl (C=O) groups excluding carboxylic acids is 2. The fourth-order valence-electron chi connectivity index (χ4n) is 4.37. The fourth-order valence-corrected chi connectivity index (χ4v) is 6.04. The summed E-state index contributed by atoms with van der Waals surface area (Å²) in [6, 6.07) is 20.1.